The second-order valence-corrected chi connectivity index (χ2v) is 8.74. The van der Waals surface area contributed by atoms with Gasteiger partial charge < -0.3 is 24.6 Å². The molecule has 0 bridgehead atoms. The lowest BCUT2D eigenvalue weighted by Gasteiger charge is -2.28. The van der Waals surface area contributed by atoms with E-state index < -0.39 is 0 Å². The summed E-state index contributed by atoms with van der Waals surface area (Å²) < 4.78 is 7.67. The second kappa shape index (κ2) is 8.83. The summed E-state index contributed by atoms with van der Waals surface area (Å²) >= 11 is 5.80. The summed E-state index contributed by atoms with van der Waals surface area (Å²) in [6.07, 6.45) is 1.79. The third-order valence-electron chi connectivity index (χ3n) is 6.34. The smallest absolute Gasteiger partial charge is 0.174 e. The number of rotatable bonds is 5. The van der Waals surface area contributed by atoms with Gasteiger partial charge in [0.15, 0.2) is 5.11 Å². The van der Waals surface area contributed by atoms with Crippen molar-refractivity contribution < 1.29 is 9.84 Å². The summed E-state index contributed by atoms with van der Waals surface area (Å²) in [5, 5.41) is 14.7. The van der Waals surface area contributed by atoms with Gasteiger partial charge in [-0.2, -0.15) is 0 Å². The van der Waals surface area contributed by atoms with Crippen molar-refractivity contribution in [3.05, 3.63) is 102 Å². The molecule has 5 rings (SSSR count). The maximum atomic E-state index is 10.7. The van der Waals surface area contributed by atoms with Crippen LogP contribution in [0.4, 0.5) is 5.69 Å². The van der Waals surface area contributed by atoms with Crippen LogP contribution >= 0.6 is 12.2 Å². The van der Waals surface area contributed by atoms with Crippen LogP contribution in [0.15, 0.2) is 79.0 Å². The summed E-state index contributed by atoms with van der Waals surface area (Å²) in [6, 6.07) is 23.0. The topological polar surface area (TPSA) is 62.5 Å². The summed E-state index contributed by atoms with van der Waals surface area (Å²) in [5.74, 6) is 0.984. The fraction of sp³-hybridized carbons (Fsp3) is 0.185. The zero-order valence-electron chi connectivity index (χ0n) is 19.3. The summed E-state index contributed by atoms with van der Waals surface area (Å²) in [7, 11) is 1.67. The van der Waals surface area contributed by atoms with Gasteiger partial charge >= 0.3 is 0 Å². The molecule has 1 saturated heterocycles. The van der Waals surface area contributed by atoms with E-state index in [9.17, 15) is 5.11 Å². The van der Waals surface area contributed by atoms with Crippen LogP contribution in [0.3, 0.4) is 0 Å². The molecule has 2 unspecified atom stereocenters. The van der Waals surface area contributed by atoms with Crippen LogP contribution in [0.25, 0.3) is 5.69 Å². The molecule has 3 heterocycles. The van der Waals surface area contributed by atoms with Gasteiger partial charge in [-0.05, 0) is 74.1 Å². The van der Waals surface area contributed by atoms with Crippen LogP contribution < -0.4 is 15.0 Å². The Morgan fingerprint density at radius 2 is 1.79 bits per heavy atom. The maximum absolute atomic E-state index is 10.7. The van der Waals surface area contributed by atoms with E-state index in [2.05, 4.69) is 40.8 Å². The standard InChI is InChI=1S/C27H26N4O2S/c1-17-15-21(18(2)30(17)19-9-8-10-20(16-19)33-3)26-25(22-11-6-7-14-28-22)29-27(34)31(26)23-12-4-5-13-24(23)32/h4-16,25-26,32H,1-3H3,(H,29,34). The molecule has 0 saturated carbocycles. The third kappa shape index (κ3) is 3.68. The van der Waals surface area contributed by atoms with Crippen LogP contribution in [-0.4, -0.2) is 26.9 Å². The Hall–Kier alpha value is -3.84. The molecule has 0 radical (unpaired) electrons. The Balaban J connectivity index is 1.69. The van der Waals surface area contributed by atoms with E-state index in [0.717, 1.165) is 34.1 Å². The SMILES string of the molecule is COc1cccc(-n2c(C)cc(C3C(c4ccccn4)NC(=S)N3c3ccccc3O)c2C)c1. The molecule has 2 aromatic heterocycles. The van der Waals surface area contributed by atoms with E-state index >= 15 is 0 Å². The van der Waals surface area contributed by atoms with Crippen molar-refractivity contribution in [1.82, 2.24) is 14.9 Å². The first-order valence-corrected chi connectivity index (χ1v) is 11.5. The molecule has 172 valence electrons. The molecule has 4 aromatic rings. The number of phenolic OH excluding ortho intramolecular Hbond substituents is 1. The maximum Gasteiger partial charge on any atom is 0.174 e. The lowest BCUT2D eigenvalue weighted by Crippen LogP contribution is -2.29. The molecule has 1 aliphatic heterocycles. The number of phenols is 1. The number of aryl methyl sites for hydroxylation is 1. The van der Waals surface area contributed by atoms with Gasteiger partial charge in [0.05, 0.1) is 30.6 Å². The zero-order chi connectivity index (χ0) is 23.8. The summed E-state index contributed by atoms with van der Waals surface area (Å²) in [5.41, 5.74) is 5.86. The van der Waals surface area contributed by atoms with Gasteiger partial charge in [-0.1, -0.05) is 24.3 Å². The lowest BCUT2D eigenvalue weighted by molar-refractivity contribution is 0.414. The molecular weight excluding hydrogens is 444 g/mol. The van der Waals surface area contributed by atoms with Gasteiger partial charge in [0.1, 0.15) is 11.5 Å². The number of aromatic nitrogens is 2. The van der Waals surface area contributed by atoms with Gasteiger partial charge in [0.2, 0.25) is 0 Å². The molecule has 1 aliphatic rings. The number of hydrogen-bond acceptors (Lipinski definition) is 4. The molecule has 2 atom stereocenters. The Labute approximate surface area is 204 Å². The largest absolute Gasteiger partial charge is 0.506 e. The van der Waals surface area contributed by atoms with Gasteiger partial charge in [-0.3, -0.25) is 4.98 Å². The Kier molecular flexibility index (Phi) is 5.71. The molecule has 2 aromatic carbocycles. The van der Waals surface area contributed by atoms with Crippen molar-refractivity contribution in [3.63, 3.8) is 0 Å². The number of pyridine rings is 1. The molecule has 0 aliphatic carbocycles. The monoisotopic (exact) mass is 470 g/mol. The number of hydrogen-bond donors (Lipinski definition) is 2. The minimum Gasteiger partial charge on any atom is -0.506 e. The zero-order valence-corrected chi connectivity index (χ0v) is 20.1. The van der Waals surface area contributed by atoms with Crippen molar-refractivity contribution in [2.24, 2.45) is 0 Å². The van der Waals surface area contributed by atoms with Crippen molar-refractivity contribution in [1.29, 1.82) is 0 Å². The highest BCUT2D eigenvalue weighted by Crippen LogP contribution is 2.45. The van der Waals surface area contributed by atoms with Crippen molar-refractivity contribution in [3.8, 4) is 17.2 Å². The molecule has 0 amide bonds. The first-order chi connectivity index (χ1) is 16.5. The molecule has 2 N–H and O–H groups in total. The average Bonchev–Trinajstić information content (AvgIpc) is 3.35. The van der Waals surface area contributed by atoms with E-state index in [0.29, 0.717) is 10.8 Å². The number of methoxy groups -OCH3 is 1. The highest BCUT2D eigenvalue weighted by atomic mass is 32.1. The van der Waals surface area contributed by atoms with E-state index in [4.69, 9.17) is 17.0 Å². The van der Waals surface area contributed by atoms with E-state index in [1.807, 2.05) is 59.5 Å². The second-order valence-electron chi connectivity index (χ2n) is 8.35. The molecule has 34 heavy (non-hydrogen) atoms. The number of ether oxygens (including phenoxy) is 1. The number of para-hydroxylation sites is 2. The normalized spacial score (nSPS) is 17.6. The molecular formula is C27H26N4O2S. The fourth-order valence-electron chi connectivity index (χ4n) is 4.83. The Morgan fingerprint density at radius 1 is 1.00 bits per heavy atom. The van der Waals surface area contributed by atoms with Gasteiger partial charge in [-0.25, -0.2) is 0 Å². The van der Waals surface area contributed by atoms with Gasteiger partial charge in [0.25, 0.3) is 0 Å². The number of aromatic hydroxyl groups is 1. The van der Waals surface area contributed by atoms with E-state index in [1.165, 1.54) is 0 Å². The minimum absolute atomic E-state index is 0.180. The average molecular weight is 471 g/mol. The summed E-state index contributed by atoms with van der Waals surface area (Å²) in [6.45, 7) is 4.21. The van der Waals surface area contributed by atoms with Crippen LogP contribution in [0.1, 0.15) is 34.7 Å². The Bertz CT molecular complexity index is 1350. The quantitative estimate of drug-likeness (QED) is 0.382. The predicted molar refractivity (Wildman–Crippen MR) is 138 cm³/mol. The van der Waals surface area contributed by atoms with Gasteiger partial charge in [-0.15, -0.1) is 0 Å². The number of anilines is 1. The molecule has 1 fully saturated rings. The van der Waals surface area contributed by atoms with Crippen LogP contribution in [-0.2, 0) is 0 Å². The number of benzene rings is 2. The van der Waals surface area contributed by atoms with E-state index in [1.54, 1.807) is 19.4 Å². The number of thiocarbonyl (C=S) groups is 1. The third-order valence-corrected chi connectivity index (χ3v) is 6.65. The highest BCUT2D eigenvalue weighted by Gasteiger charge is 2.43. The van der Waals surface area contributed by atoms with Crippen molar-refractivity contribution in [2.45, 2.75) is 25.9 Å². The highest BCUT2D eigenvalue weighted by molar-refractivity contribution is 7.80. The predicted octanol–water partition coefficient (Wildman–Crippen LogP) is 5.38. The first kappa shape index (κ1) is 22.0. The Morgan fingerprint density at radius 3 is 2.53 bits per heavy atom. The van der Waals surface area contributed by atoms with Gasteiger partial charge in [0, 0.05) is 29.3 Å². The van der Waals surface area contributed by atoms with Crippen molar-refractivity contribution in [2.75, 3.05) is 12.0 Å². The lowest BCUT2D eigenvalue weighted by atomic mass is 9.96. The molecule has 0 spiro atoms. The molecule has 7 heteroatoms. The summed E-state index contributed by atoms with van der Waals surface area (Å²) in [4.78, 5) is 6.63. The number of nitrogens with zero attached hydrogens (tertiary/aromatic N) is 3. The first-order valence-electron chi connectivity index (χ1n) is 11.1. The van der Waals surface area contributed by atoms with Crippen molar-refractivity contribution >= 4 is 23.0 Å². The fourth-order valence-corrected chi connectivity index (χ4v) is 5.17. The molecule has 6 nitrogen and oxygen atoms in total. The number of nitrogens with one attached hydrogen (secondary N) is 1. The van der Waals surface area contributed by atoms with Crippen LogP contribution in [0.5, 0.6) is 11.5 Å². The van der Waals surface area contributed by atoms with E-state index in [-0.39, 0.29) is 17.8 Å². The van der Waals surface area contributed by atoms with Crippen LogP contribution in [0, 0.1) is 13.8 Å². The van der Waals surface area contributed by atoms with Crippen LogP contribution in [0.2, 0.25) is 0 Å². The minimum atomic E-state index is -0.207.